The predicted molar refractivity (Wildman–Crippen MR) is 87.0 cm³/mol. The number of rotatable bonds is 4. The number of hydrogen-bond acceptors (Lipinski definition) is 5. The highest BCUT2D eigenvalue weighted by molar-refractivity contribution is 5.86. The summed E-state index contributed by atoms with van der Waals surface area (Å²) in [4.78, 5) is 28.0. The van der Waals surface area contributed by atoms with Gasteiger partial charge >= 0.3 is 11.9 Å². The molecule has 0 aromatic carbocycles. The number of pyridine rings is 1. The first-order valence-corrected chi connectivity index (χ1v) is 5.81. The van der Waals surface area contributed by atoms with Gasteiger partial charge in [0.1, 0.15) is 11.6 Å². The van der Waals surface area contributed by atoms with Crippen molar-refractivity contribution >= 4 is 49.2 Å². The summed E-state index contributed by atoms with van der Waals surface area (Å²) in [5.74, 6) is -2.24. The maximum absolute atomic E-state index is 11.2. The molecular weight excluding hydrogens is 357 g/mol. The van der Waals surface area contributed by atoms with Gasteiger partial charge in [-0.15, -0.1) is 37.2 Å². The molecule has 7 nitrogen and oxygen atoms in total. The summed E-state index contributed by atoms with van der Waals surface area (Å²) in [5.41, 5.74) is 4.92. The first kappa shape index (κ1) is 23.2. The summed E-state index contributed by atoms with van der Waals surface area (Å²) < 4.78 is 0. The smallest absolute Gasteiger partial charge is 0.325 e. The van der Waals surface area contributed by atoms with E-state index in [2.05, 4.69) is 4.98 Å². The molecule has 0 spiro atoms. The second-order valence-corrected chi connectivity index (χ2v) is 4.75. The lowest BCUT2D eigenvalue weighted by Gasteiger charge is -2.21. The van der Waals surface area contributed by atoms with E-state index in [0.717, 1.165) is 0 Å². The molecule has 0 amide bonds. The number of carboxylic acid groups (broad SMARTS) is 2. The van der Waals surface area contributed by atoms with Crippen LogP contribution in [0.4, 0.5) is 0 Å². The topological polar surface area (TPSA) is 117 Å². The van der Waals surface area contributed by atoms with Crippen molar-refractivity contribution in [3.8, 4) is 0 Å². The second-order valence-electron chi connectivity index (χ2n) is 4.75. The molecule has 1 aromatic rings. The van der Waals surface area contributed by atoms with E-state index >= 15 is 0 Å². The maximum atomic E-state index is 11.2. The number of aromatic nitrogens is 1. The van der Waals surface area contributed by atoms with Crippen LogP contribution >= 0.6 is 37.2 Å². The van der Waals surface area contributed by atoms with E-state index in [1.165, 1.54) is 0 Å². The Labute approximate surface area is 146 Å². The number of aliphatic carboxylic acids is 2. The monoisotopic (exact) mass is 373 g/mol. The summed E-state index contributed by atoms with van der Waals surface area (Å²) in [5, 5.41) is 18.3. The van der Waals surface area contributed by atoms with Crippen LogP contribution in [-0.4, -0.2) is 50.2 Å². The van der Waals surface area contributed by atoms with E-state index < -0.39 is 23.5 Å². The van der Waals surface area contributed by atoms with Crippen molar-refractivity contribution in [3.05, 3.63) is 30.1 Å². The molecule has 1 aliphatic rings. The van der Waals surface area contributed by atoms with Crippen molar-refractivity contribution in [2.75, 3.05) is 6.54 Å². The molecule has 126 valence electrons. The Morgan fingerprint density at radius 2 is 1.95 bits per heavy atom. The van der Waals surface area contributed by atoms with Crippen molar-refractivity contribution in [1.29, 1.82) is 0 Å². The zero-order valence-electron chi connectivity index (χ0n) is 11.4. The quantitative estimate of drug-likeness (QED) is 0.713. The average Bonchev–Trinajstić information content (AvgIpc) is 2.69. The van der Waals surface area contributed by atoms with Crippen LogP contribution in [0.1, 0.15) is 12.1 Å². The maximum Gasteiger partial charge on any atom is 0.325 e. The molecule has 1 saturated heterocycles. The normalized spacial score (nSPS) is 23.6. The molecule has 0 unspecified atom stereocenters. The highest BCUT2D eigenvalue weighted by atomic mass is 35.5. The summed E-state index contributed by atoms with van der Waals surface area (Å²) in [6.07, 6.45) is 1.50. The number of carbonyl (C=O) groups is 2. The molecule has 2 rings (SSSR count). The molecule has 22 heavy (non-hydrogen) atoms. The first-order chi connectivity index (χ1) is 8.92. The fourth-order valence-electron chi connectivity index (χ4n) is 2.28. The fourth-order valence-corrected chi connectivity index (χ4v) is 2.28. The summed E-state index contributed by atoms with van der Waals surface area (Å²) in [7, 11) is 0. The van der Waals surface area contributed by atoms with Gasteiger partial charge in [0.15, 0.2) is 0 Å². The van der Waals surface area contributed by atoms with E-state index in [1.54, 1.807) is 29.3 Å². The molecule has 0 saturated carbocycles. The second kappa shape index (κ2) is 9.12. The third-order valence-corrected chi connectivity index (χ3v) is 3.29. The number of hydrogen-bond donors (Lipinski definition) is 3. The van der Waals surface area contributed by atoms with Gasteiger partial charge in [-0.1, -0.05) is 6.07 Å². The van der Waals surface area contributed by atoms with Crippen molar-refractivity contribution < 1.29 is 19.8 Å². The van der Waals surface area contributed by atoms with Crippen molar-refractivity contribution in [2.24, 2.45) is 5.73 Å². The lowest BCUT2D eigenvalue weighted by molar-refractivity contribution is -0.142. The number of carboxylic acids is 2. The molecular formula is C12H18Cl3N3O4. The fraction of sp³-hybridized carbons (Fsp3) is 0.417. The van der Waals surface area contributed by atoms with Crippen LogP contribution in [-0.2, 0) is 16.1 Å². The van der Waals surface area contributed by atoms with Crippen LogP contribution in [0.3, 0.4) is 0 Å². The van der Waals surface area contributed by atoms with Crippen LogP contribution in [0.25, 0.3) is 0 Å². The number of likely N-dealkylation sites (tertiary alicyclic amines) is 1. The van der Waals surface area contributed by atoms with Crippen LogP contribution < -0.4 is 5.73 Å². The van der Waals surface area contributed by atoms with Crippen LogP contribution in [0, 0.1) is 0 Å². The Balaban J connectivity index is 0. The minimum atomic E-state index is -1.52. The van der Waals surface area contributed by atoms with E-state index in [9.17, 15) is 9.59 Å². The lowest BCUT2D eigenvalue weighted by atomic mass is 9.98. The highest BCUT2D eigenvalue weighted by Gasteiger charge is 2.49. The van der Waals surface area contributed by atoms with E-state index in [1.807, 2.05) is 0 Å². The Hall–Kier alpha value is -1.12. The van der Waals surface area contributed by atoms with Crippen molar-refractivity contribution in [2.45, 2.75) is 24.5 Å². The minimum Gasteiger partial charge on any atom is -0.480 e. The lowest BCUT2D eigenvalue weighted by Crippen LogP contribution is -2.50. The van der Waals surface area contributed by atoms with Gasteiger partial charge < -0.3 is 15.9 Å². The molecule has 1 aromatic heterocycles. The summed E-state index contributed by atoms with van der Waals surface area (Å²) >= 11 is 0. The molecule has 2 atom stereocenters. The van der Waals surface area contributed by atoms with Crippen LogP contribution in [0.5, 0.6) is 0 Å². The molecule has 1 fully saturated rings. The van der Waals surface area contributed by atoms with Crippen LogP contribution in [0.2, 0.25) is 0 Å². The standard InChI is InChI=1S/C12H15N3O4.3ClH/c13-12(11(18)19)5-9(10(16)17)15(7-12)6-8-3-1-2-4-14-8;;;/h1-4,9H,5-7,13H2,(H,16,17)(H,18,19);3*1H/t9-,12-;;;/m1.../s1. The van der Waals surface area contributed by atoms with Gasteiger partial charge in [-0.05, 0) is 12.1 Å². The van der Waals surface area contributed by atoms with E-state index in [0.29, 0.717) is 5.69 Å². The molecule has 0 bridgehead atoms. The predicted octanol–water partition coefficient (Wildman–Crippen LogP) is 0.788. The molecule has 0 aliphatic carbocycles. The molecule has 0 radical (unpaired) electrons. The summed E-state index contributed by atoms with van der Waals surface area (Å²) in [6, 6.07) is 4.41. The molecule has 1 aliphatic heterocycles. The van der Waals surface area contributed by atoms with E-state index in [-0.39, 0.29) is 56.7 Å². The van der Waals surface area contributed by atoms with Gasteiger partial charge in [-0.25, -0.2) is 0 Å². The third-order valence-electron chi connectivity index (χ3n) is 3.29. The van der Waals surface area contributed by atoms with Crippen molar-refractivity contribution in [3.63, 3.8) is 0 Å². The summed E-state index contributed by atoms with van der Waals surface area (Å²) in [6.45, 7) is 0.264. The zero-order valence-corrected chi connectivity index (χ0v) is 13.9. The molecule has 10 heteroatoms. The minimum absolute atomic E-state index is 0. The number of nitrogens with zero attached hydrogens (tertiary/aromatic N) is 2. The Morgan fingerprint density at radius 1 is 1.32 bits per heavy atom. The van der Waals surface area contributed by atoms with Gasteiger partial charge in [-0.2, -0.15) is 0 Å². The van der Waals surface area contributed by atoms with Crippen molar-refractivity contribution in [1.82, 2.24) is 9.88 Å². The van der Waals surface area contributed by atoms with Gasteiger partial charge in [0.05, 0.1) is 5.69 Å². The molecule has 4 N–H and O–H groups in total. The van der Waals surface area contributed by atoms with Crippen LogP contribution in [0.15, 0.2) is 24.4 Å². The first-order valence-electron chi connectivity index (χ1n) is 5.81. The van der Waals surface area contributed by atoms with Gasteiger partial charge in [0.25, 0.3) is 0 Å². The molecule has 2 heterocycles. The Morgan fingerprint density at radius 3 is 2.41 bits per heavy atom. The van der Waals surface area contributed by atoms with Gasteiger partial charge in [0, 0.05) is 25.7 Å². The number of halogens is 3. The van der Waals surface area contributed by atoms with Gasteiger partial charge in [-0.3, -0.25) is 19.5 Å². The Bertz CT molecular complexity index is 506. The highest BCUT2D eigenvalue weighted by Crippen LogP contribution is 2.27. The van der Waals surface area contributed by atoms with E-state index in [4.69, 9.17) is 15.9 Å². The SMILES string of the molecule is Cl.Cl.Cl.N[C@]1(C(=O)O)C[C@H](C(=O)O)N(Cc2ccccn2)C1. The Kier molecular flexibility index (Phi) is 9.59. The number of nitrogens with two attached hydrogens (primary N) is 1. The largest absolute Gasteiger partial charge is 0.480 e. The zero-order chi connectivity index (χ0) is 14.0. The third kappa shape index (κ3) is 4.96. The van der Waals surface area contributed by atoms with Gasteiger partial charge in [0.2, 0.25) is 0 Å². The average molecular weight is 375 g/mol.